The Morgan fingerprint density at radius 1 is 0.655 bits per heavy atom. The van der Waals surface area contributed by atoms with Crippen LogP contribution >= 0.6 is 25.3 Å². The first-order valence-electron chi connectivity index (χ1n) is 6.86. The van der Waals surface area contributed by atoms with Crippen LogP contribution in [0.2, 0.25) is 0 Å². The Morgan fingerprint density at radius 2 is 0.862 bits per heavy atom. The summed E-state index contributed by atoms with van der Waals surface area (Å²) in [6, 6.07) is -6.80. The monoisotopic (exact) mass is 502 g/mol. The second kappa shape index (κ2) is 15.8. The molecule has 0 aromatic carbocycles. The molecule has 2 atom stereocenters. The van der Waals surface area contributed by atoms with Gasteiger partial charge in [0.1, 0.15) is 0 Å². The van der Waals surface area contributed by atoms with E-state index in [0.29, 0.717) is 0 Å². The van der Waals surface area contributed by atoms with Crippen LogP contribution in [0.5, 0.6) is 0 Å². The summed E-state index contributed by atoms with van der Waals surface area (Å²) in [6.45, 7) is 0. The number of thiol groups is 2. The Kier molecular flexibility index (Phi) is 17.2. The van der Waals surface area contributed by atoms with E-state index < -0.39 is 60.0 Å². The fourth-order valence-electron chi connectivity index (χ4n) is 1.29. The Morgan fingerprint density at radius 3 is 0.966 bits per heavy atom. The summed E-state index contributed by atoms with van der Waals surface area (Å²) in [5.74, 6) is -10.4. The minimum atomic E-state index is -1.98. The number of carboxylic acids is 6. The van der Waals surface area contributed by atoms with E-state index in [-0.39, 0.29) is 28.0 Å². The molecular weight excluding hydrogens is 487 g/mol. The normalized spacial score (nSPS) is 12.0. The molecule has 0 saturated carbocycles. The summed E-state index contributed by atoms with van der Waals surface area (Å²) >= 11 is 7.19. The smallest absolute Gasteiger partial charge is 0.548 e. The molecule has 0 amide bonds. The third kappa shape index (κ3) is 12.9. The van der Waals surface area contributed by atoms with Gasteiger partial charge in [-0.1, -0.05) is 0 Å². The van der Waals surface area contributed by atoms with E-state index in [1.54, 1.807) is 0 Å². The van der Waals surface area contributed by atoms with Crippen molar-refractivity contribution in [1.29, 1.82) is 0 Å². The van der Waals surface area contributed by atoms with Crippen LogP contribution in [0.15, 0.2) is 0 Å². The fourth-order valence-corrected chi connectivity index (χ4v) is 1.80. The fraction of sp³-hybridized carbons (Fsp3) is 0.500. The van der Waals surface area contributed by atoms with E-state index in [2.05, 4.69) is 25.3 Å². The number of aliphatic carboxylic acids is 6. The van der Waals surface area contributed by atoms with E-state index in [1.165, 1.54) is 0 Å². The second-order valence-corrected chi connectivity index (χ2v) is 5.39. The number of carbonyl (C=O) groups is 6. The molecule has 29 heavy (non-hydrogen) atoms. The molecule has 0 rings (SSSR count). The standard InChI is InChI=1S/2C6H9NO6S.Ni/c2*8-4(9)2(1-14)7-3(5(10)11)6(12)13;/h2*2-3,7,14H,1H2,(H,8,9)(H,10,11)(H,12,13);/q;;+2/p-2/t2*2-;/m00./s1. The number of rotatable bonds is 12. The molecule has 0 fully saturated rings. The summed E-state index contributed by atoms with van der Waals surface area (Å²) in [5.41, 5.74) is 0. The topological polar surface area (TPSA) is 254 Å². The number of carbonyl (C=O) groups excluding carboxylic acids is 2. The van der Waals surface area contributed by atoms with Gasteiger partial charge in [0.15, 0.2) is 0 Å². The number of hydrogen-bond donors (Lipinski definition) is 8. The molecule has 0 radical (unpaired) electrons. The molecule has 0 aromatic rings. The molecule has 168 valence electrons. The number of hydrogen-bond acceptors (Lipinski definition) is 12. The third-order valence-electron chi connectivity index (χ3n) is 2.66. The first-order valence-corrected chi connectivity index (χ1v) is 8.13. The summed E-state index contributed by atoms with van der Waals surface area (Å²) < 4.78 is 0. The van der Waals surface area contributed by atoms with Gasteiger partial charge in [-0.2, -0.15) is 25.3 Å². The van der Waals surface area contributed by atoms with Crippen molar-refractivity contribution in [3.63, 3.8) is 0 Å². The van der Waals surface area contributed by atoms with Crippen molar-refractivity contribution in [2.24, 2.45) is 0 Å². The molecule has 0 saturated heterocycles. The quantitative estimate of drug-likeness (QED) is 0.0702. The predicted molar refractivity (Wildman–Crippen MR) is 89.7 cm³/mol. The van der Waals surface area contributed by atoms with Crippen LogP contribution in [0.3, 0.4) is 0 Å². The minimum absolute atomic E-state index is 0. The van der Waals surface area contributed by atoms with Gasteiger partial charge in [-0.25, -0.2) is 19.2 Å². The van der Waals surface area contributed by atoms with E-state index >= 15 is 0 Å². The van der Waals surface area contributed by atoms with Gasteiger partial charge in [0.05, 0.1) is 24.0 Å². The van der Waals surface area contributed by atoms with Crippen LogP contribution in [0, 0.1) is 0 Å². The van der Waals surface area contributed by atoms with Crippen molar-refractivity contribution in [2.45, 2.75) is 24.2 Å². The summed E-state index contributed by atoms with van der Waals surface area (Å²) in [7, 11) is 0. The van der Waals surface area contributed by atoms with Gasteiger partial charge in [0, 0.05) is 11.5 Å². The van der Waals surface area contributed by atoms with Gasteiger partial charge in [-0.05, 0) is 0 Å². The van der Waals surface area contributed by atoms with Crippen LogP contribution in [0.1, 0.15) is 0 Å². The first-order chi connectivity index (χ1) is 12.8. The first kappa shape index (κ1) is 31.6. The van der Waals surface area contributed by atoms with E-state index in [9.17, 15) is 39.0 Å². The summed E-state index contributed by atoms with van der Waals surface area (Å²) in [5, 5.41) is 57.9. The Bertz CT molecular complexity index is 540. The van der Waals surface area contributed by atoms with Crippen molar-refractivity contribution in [3.05, 3.63) is 0 Å². The van der Waals surface area contributed by atoms with Gasteiger partial charge < -0.3 is 40.2 Å². The molecule has 14 nitrogen and oxygen atoms in total. The van der Waals surface area contributed by atoms with Crippen LogP contribution < -0.4 is 20.8 Å². The van der Waals surface area contributed by atoms with E-state index in [4.69, 9.17) is 20.4 Å². The summed E-state index contributed by atoms with van der Waals surface area (Å²) in [6.07, 6.45) is 0. The zero-order chi connectivity index (χ0) is 22.6. The van der Waals surface area contributed by atoms with Crippen molar-refractivity contribution >= 4 is 61.1 Å². The zero-order valence-corrected chi connectivity index (χ0v) is 16.8. The molecule has 0 aromatic heterocycles. The van der Waals surface area contributed by atoms with Crippen LogP contribution in [-0.4, -0.2) is 91.9 Å². The SMILES string of the molecule is O=C(O)C(N[C@@H](CS)C(=O)[O-])C(=O)O.O=C(O)C(N[C@@H](CS)C(=O)[O-])C(=O)O.[Ni+2]. The van der Waals surface area contributed by atoms with Crippen LogP contribution in [0.4, 0.5) is 0 Å². The molecule has 17 heteroatoms. The second-order valence-electron chi connectivity index (χ2n) is 4.66. The third-order valence-corrected chi connectivity index (χ3v) is 3.39. The maximum absolute atomic E-state index is 10.3. The molecular formula is C12H16N2NiO12S2. The molecule has 0 aliphatic rings. The average Bonchev–Trinajstić information content (AvgIpc) is 2.54. The van der Waals surface area contributed by atoms with Crippen LogP contribution in [0.25, 0.3) is 0 Å². The molecule has 0 unspecified atom stereocenters. The van der Waals surface area contributed by atoms with E-state index in [1.807, 2.05) is 10.6 Å². The van der Waals surface area contributed by atoms with Crippen molar-refractivity contribution in [2.75, 3.05) is 11.5 Å². The molecule has 0 heterocycles. The minimum Gasteiger partial charge on any atom is -0.548 e. The van der Waals surface area contributed by atoms with E-state index in [0.717, 1.165) is 0 Å². The molecule has 0 bridgehead atoms. The molecule has 0 aliphatic carbocycles. The van der Waals surface area contributed by atoms with Crippen molar-refractivity contribution in [3.8, 4) is 0 Å². The largest absolute Gasteiger partial charge is 2.00 e. The Labute approximate surface area is 183 Å². The molecule has 6 N–H and O–H groups in total. The zero-order valence-electron chi connectivity index (χ0n) is 14.0. The predicted octanol–water partition coefficient (Wildman–Crippen LogP) is -5.68. The van der Waals surface area contributed by atoms with Gasteiger partial charge in [0.2, 0.25) is 12.1 Å². The Balaban J connectivity index is -0.000000451. The van der Waals surface area contributed by atoms with Gasteiger partial charge in [-0.15, -0.1) is 0 Å². The van der Waals surface area contributed by atoms with Gasteiger partial charge in [0.25, 0.3) is 0 Å². The molecule has 0 spiro atoms. The average molecular weight is 503 g/mol. The number of carboxylic acid groups (broad SMARTS) is 6. The Hall–Kier alpha value is -2.07. The van der Waals surface area contributed by atoms with Crippen LogP contribution in [-0.2, 0) is 45.3 Å². The summed E-state index contributed by atoms with van der Waals surface area (Å²) in [4.78, 5) is 61.9. The van der Waals surface area contributed by atoms with Crippen molar-refractivity contribution in [1.82, 2.24) is 10.6 Å². The maximum Gasteiger partial charge on any atom is 2.00 e. The maximum atomic E-state index is 10.3. The van der Waals surface area contributed by atoms with Gasteiger partial charge in [-0.3, -0.25) is 10.6 Å². The number of nitrogens with one attached hydrogen (secondary N) is 2. The van der Waals surface area contributed by atoms with Crippen molar-refractivity contribution < 1.29 is 75.9 Å². The molecule has 0 aliphatic heterocycles. The van der Waals surface area contributed by atoms with Gasteiger partial charge >= 0.3 is 40.4 Å².